The van der Waals surface area contributed by atoms with Gasteiger partial charge < -0.3 is 0 Å². The molecule has 0 aliphatic carbocycles. The van der Waals surface area contributed by atoms with E-state index in [9.17, 15) is 0 Å². The lowest BCUT2D eigenvalue weighted by Gasteiger charge is -2.18. The van der Waals surface area contributed by atoms with E-state index in [0.717, 1.165) is 19.3 Å². The zero-order valence-electron chi connectivity index (χ0n) is 19.0. The summed E-state index contributed by atoms with van der Waals surface area (Å²) in [7, 11) is 0. The van der Waals surface area contributed by atoms with Crippen molar-refractivity contribution < 1.29 is 0 Å². The van der Waals surface area contributed by atoms with Gasteiger partial charge in [0.15, 0.2) is 0 Å². The molecular weight excluding hydrogens is 448 g/mol. The average Bonchev–Trinajstić information content (AvgIpc) is 3.49. The van der Waals surface area contributed by atoms with E-state index in [0.29, 0.717) is 5.92 Å². The summed E-state index contributed by atoms with van der Waals surface area (Å²) in [4.78, 5) is 1.53. The summed E-state index contributed by atoms with van der Waals surface area (Å²) in [6.07, 6.45) is 3.15. The van der Waals surface area contributed by atoms with Crippen LogP contribution in [0, 0.1) is 0 Å². The van der Waals surface area contributed by atoms with Crippen molar-refractivity contribution in [2.45, 2.75) is 25.2 Å². The fourth-order valence-electron chi connectivity index (χ4n) is 5.03. The molecule has 0 saturated heterocycles. The van der Waals surface area contributed by atoms with Gasteiger partial charge in [-0.25, -0.2) is 0 Å². The van der Waals surface area contributed by atoms with E-state index in [1.807, 2.05) is 22.7 Å². The van der Waals surface area contributed by atoms with Gasteiger partial charge in [-0.05, 0) is 69.8 Å². The van der Waals surface area contributed by atoms with E-state index in [2.05, 4.69) is 115 Å². The second-order valence-corrected chi connectivity index (χ2v) is 10.9. The number of thiophene rings is 2. The Kier molecular flexibility index (Phi) is 6.01. The molecule has 0 saturated carbocycles. The molecule has 0 spiro atoms. The van der Waals surface area contributed by atoms with Gasteiger partial charge in [0.2, 0.25) is 0 Å². The van der Waals surface area contributed by atoms with E-state index in [1.54, 1.807) is 0 Å². The van der Waals surface area contributed by atoms with Crippen LogP contribution in [0.25, 0.3) is 20.2 Å². The molecule has 0 amide bonds. The summed E-state index contributed by atoms with van der Waals surface area (Å²) in [5.74, 6) is 0.349. The first-order valence-corrected chi connectivity index (χ1v) is 13.6. The molecule has 6 rings (SSSR count). The Hall–Kier alpha value is -3.20. The van der Waals surface area contributed by atoms with Crippen LogP contribution in [0.15, 0.2) is 115 Å². The Morgan fingerprint density at radius 3 is 1.94 bits per heavy atom. The summed E-state index contributed by atoms with van der Waals surface area (Å²) >= 11 is 3.87. The number of aryl methyl sites for hydroxylation is 2. The second kappa shape index (κ2) is 9.58. The fourth-order valence-corrected chi connectivity index (χ4v) is 7.42. The molecule has 0 N–H and O–H groups in total. The summed E-state index contributed by atoms with van der Waals surface area (Å²) < 4.78 is 2.78. The lowest BCUT2D eigenvalue weighted by molar-refractivity contribution is 0.813. The molecule has 0 aliphatic rings. The van der Waals surface area contributed by atoms with Gasteiger partial charge in [-0.15, -0.1) is 22.7 Å². The van der Waals surface area contributed by atoms with Gasteiger partial charge >= 0.3 is 0 Å². The van der Waals surface area contributed by atoms with Crippen LogP contribution in [-0.2, 0) is 19.3 Å². The SMILES string of the molecule is c1ccc(CCc2c(C(Cc3ccccc3)c3csc4ccccc34)sc3ccccc23)cc1. The van der Waals surface area contributed by atoms with Crippen LogP contribution in [-0.4, -0.2) is 0 Å². The molecule has 0 radical (unpaired) electrons. The zero-order valence-corrected chi connectivity index (χ0v) is 20.6. The van der Waals surface area contributed by atoms with Crippen molar-refractivity contribution in [3.63, 3.8) is 0 Å². The number of rotatable bonds is 7. The predicted octanol–water partition coefficient (Wildman–Crippen LogP) is 9.28. The maximum absolute atomic E-state index is 2.41. The minimum absolute atomic E-state index is 0.349. The molecule has 0 fully saturated rings. The van der Waals surface area contributed by atoms with E-state index in [4.69, 9.17) is 0 Å². The van der Waals surface area contributed by atoms with Gasteiger partial charge in [-0.1, -0.05) is 97.1 Å². The number of hydrogen-bond donors (Lipinski definition) is 0. The van der Waals surface area contributed by atoms with Gasteiger partial charge in [0.25, 0.3) is 0 Å². The Morgan fingerprint density at radius 1 is 0.559 bits per heavy atom. The Balaban J connectivity index is 1.50. The number of fused-ring (bicyclic) bond motifs is 2. The molecule has 0 aliphatic heterocycles. The molecule has 2 aromatic heterocycles. The summed E-state index contributed by atoms with van der Waals surface area (Å²) in [5, 5.41) is 5.24. The molecule has 34 heavy (non-hydrogen) atoms. The van der Waals surface area contributed by atoms with E-state index in [1.165, 1.54) is 47.3 Å². The molecule has 0 nitrogen and oxygen atoms in total. The van der Waals surface area contributed by atoms with Crippen LogP contribution in [0.4, 0.5) is 0 Å². The second-order valence-electron chi connectivity index (χ2n) is 8.86. The fraction of sp³-hybridized carbons (Fsp3) is 0.125. The van der Waals surface area contributed by atoms with Gasteiger partial charge in [0.1, 0.15) is 0 Å². The quantitative estimate of drug-likeness (QED) is 0.216. The van der Waals surface area contributed by atoms with Crippen molar-refractivity contribution in [1.82, 2.24) is 0 Å². The molecule has 0 bridgehead atoms. The molecular formula is C32H26S2. The zero-order chi connectivity index (χ0) is 22.7. The normalized spacial score (nSPS) is 12.4. The van der Waals surface area contributed by atoms with Crippen molar-refractivity contribution in [2.24, 2.45) is 0 Å². The van der Waals surface area contributed by atoms with Crippen molar-refractivity contribution in [1.29, 1.82) is 0 Å². The maximum atomic E-state index is 2.41. The van der Waals surface area contributed by atoms with Gasteiger partial charge in [0.05, 0.1) is 0 Å². The highest BCUT2D eigenvalue weighted by molar-refractivity contribution is 7.19. The minimum atomic E-state index is 0.349. The lowest BCUT2D eigenvalue weighted by atomic mass is 9.87. The Bertz CT molecular complexity index is 1520. The van der Waals surface area contributed by atoms with Crippen LogP contribution in [0.3, 0.4) is 0 Å². The van der Waals surface area contributed by atoms with Crippen LogP contribution in [0.1, 0.15) is 33.0 Å². The van der Waals surface area contributed by atoms with Crippen molar-refractivity contribution in [2.75, 3.05) is 0 Å². The summed E-state index contributed by atoms with van der Waals surface area (Å²) in [5.41, 5.74) is 5.80. The maximum Gasteiger partial charge on any atom is 0.0348 e. The smallest absolute Gasteiger partial charge is 0.0348 e. The third kappa shape index (κ3) is 4.20. The Morgan fingerprint density at radius 2 is 1.18 bits per heavy atom. The molecule has 6 aromatic rings. The van der Waals surface area contributed by atoms with E-state index >= 15 is 0 Å². The molecule has 2 heterocycles. The number of benzene rings is 4. The highest BCUT2D eigenvalue weighted by Crippen LogP contribution is 2.44. The monoisotopic (exact) mass is 474 g/mol. The average molecular weight is 475 g/mol. The van der Waals surface area contributed by atoms with Crippen LogP contribution in [0.5, 0.6) is 0 Å². The van der Waals surface area contributed by atoms with Crippen LogP contribution >= 0.6 is 22.7 Å². The molecule has 166 valence electrons. The van der Waals surface area contributed by atoms with Gasteiger partial charge in [0, 0.05) is 20.2 Å². The third-order valence-electron chi connectivity index (χ3n) is 6.72. The Labute approximate surface area is 209 Å². The number of hydrogen-bond acceptors (Lipinski definition) is 2. The third-order valence-corrected chi connectivity index (χ3v) is 9.03. The van der Waals surface area contributed by atoms with Gasteiger partial charge in [-0.3, -0.25) is 0 Å². The van der Waals surface area contributed by atoms with Gasteiger partial charge in [-0.2, -0.15) is 0 Å². The predicted molar refractivity (Wildman–Crippen MR) is 149 cm³/mol. The van der Waals surface area contributed by atoms with E-state index < -0.39 is 0 Å². The summed E-state index contributed by atoms with van der Waals surface area (Å²) in [6.45, 7) is 0. The van der Waals surface area contributed by atoms with Crippen LogP contribution in [0.2, 0.25) is 0 Å². The first-order valence-electron chi connectivity index (χ1n) is 11.9. The van der Waals surface area contributed by atoms with Crippen molar-refractivity contribution >= 4 is 42.8 Å². The van der Waals surface area contributed by atoms with E-state index in [-0.39, 0.29) is 0 Å². The van der Waals surface area contributed by atoms with Crippen LogP contribution < -0.4 is 0 Å². The topological polar surface area (TPSA) is 0 Å². The lowest BCUT2D eigenvalue weighted by Crippen LogP contribution is -2.06. The van der Waals surface area contributed by atoms with Crippen molar-refractivity contribution in [3.05, 3.63) is 142 Å². The first-order chi connectivity index (χ1) is 16.9. The molecule has 1 atom stereocenters. The highest BCUT2D eigenvalue weighted by Gasteiger charge is 2.25. The molecule has 2 heteroatoms. The standard InChI is InChI=1S/C32H26S2/c1-3-11-23(12-4-1)19-20-27-25-15-8-10-18-31(25)34-32(27)28(21-24-13-5-2-6-14-24)29-22-33-30-17-9-7-16-26(29)30/h1-18,22,28H,19-21H2. The molecule has 1 unspecified atom stereocenters. The van der Waals surface area contributed by atoms with Crippen molar-refractivity contribution in [3.8, 4) is 0 Å². The largest absolute Gasteiger partial charge is 0.143 e. The minimum Gasteiger partial charge on any atom is -0.143 e. The highest BCUT2D eigenvalue weighted by atomic mass is 32.1. The molecule has 4 aromatic carbocycles. The summed E-state index contributed by atoms with van der Waals surface area (Å²) in [6, 6.07) is 39.8. The first kappa shape index (κ1) is 21.3.